The maximum Gasteiger partial charge on any atom is 0.277 e. The first-order chi connectivity index (χ1) is 18.3. The van der Waals surface area contributed by atoms with Gasteiger partial charge in [0, 0.05) is 43.6 Å². The Kier molecular flexibility index (Phi) is 8.74. The number of carbonyl (C=O) groups excluding carboxylic acids is 1. The molecule has 2 N–H and O–H groups in total. The Balaban J connectivity index is 1.33. The van der Waals surface area contributed by atoms with E-state index < -0.39 is 16.7 Å². The van der Waals surface area contributed by atoms with E-state index in [0.29, 0.717) is 31.0 Å². The number of aromatic nitrogens is 2. The second kappa shape index (κ2) is 12.0. The van der Waals surface area contributed by atoms with Gasteiger partial charge in [0.2, 0.25) is 0 Å². The third kappa shape index (κ3) is 6.77. The van der Waals surface area contributed by atoms with E-state index in [1.165, 1.54) is 0 Å². The zero-order valence-electron chi connectivity index (χ0n) is 21.7. The van der Waals surface area contributed by atoms with Crippen molar-refractivity contribution in [3.63, 3.8) is 0 Å². The summed E-state index contributed by atoms with van der Waals surface area (Å²) in [4.78, 5) is 26.7. The molecular weight excluding hydrogens is 575 g/mol. The van der Waals surface area contributed by atoms with Gasteiger partial charge in [0.1, 0.15) is 10.5 Å². The van der Waals surface area contributed by atoms with Gasteiger partial charge in [0.05, 0.1) is 29.7 Å². The van der Waals surface area contributed by atoms with Gasteiger partial charge in [-0.15, -0.1) is 0 Å². The van der Waals surface area contributed by atoms with Crippen molar-refractivity contribution in [3.05, 3.63) is 46.5 Å². The number of fused-ring (bicyclic) bond motifs is 1. The number of allylic oxidation sites excluding steroid dienone is 2. The average molecular weight is 610 g/mol. The summed E-state index contributed by atoms with van der Waals surface area (Å²) in [5.74, 6) is -0.648. The third-order valence-electron chi connectivity index (χ3n) is 7.43. The Labute approximate surface area is 236 Å². The van der Waals surface area contributed by atoms with Crippen molar-refractivity contribution >= 4 is 50.2 Å². The number of piperazine rings is 1. The number of carbonyl (C=O) groups is 1. The van der Waals surface area contributed by atoms with Gasteiger partial charge >= 0.3 is 0 Å². The Morgan fingerprint density at radius 1 is 1.26 bits per heavy atom. The van der Waals surface area contributed by atoms with E-state index in [0.717, 1.165) is 62.9 Å². The van der Waals surface area contributed by atoms with Gasteiger partial charge in [0.25, 0.3) is 5.91 Å². The summed E-state index contributed by atoms with van der Waals surface area (Å²) in [6.45, 7) is 6.58. The molecule has 1 saturated heterocycles. The number of hydrogen-bond acceptors (Lipinski definition) is 6. The number of hydroxylamine groups is 1. The molecule has 2 fully saturated rings. The quantitative estimate of drug-likeness (QED) is 0.164. The van der Waals surface area contributed by atoms with Crippen molar-refractivity contribution in [2.45, 2.75) is 43.6 Å². The SMILES string of the molecule is CN1CCN(CCCCn2cnc3c(F)c(NC4(Cl)C=CC(Br)=CC4)c(C(=O)NOCC4CC4)cc32)CC1. The number of aryl methyl sites for hydroxylation is 1. The first-order valence-electron chi connectivity index (χ1n) is 13.3. The van der Waals surface area contributed by atoms with Gasteiger partial charge in [-0.05, 0) is 63.4 Å². The summed E-state index contributed by atoms with van der Waals surface area (Å²) >= 11 is 10.2. The van der Waals surface area contributed by atoms with Crippen LogP contribution in [-0.2, 0) is 11.4 Å². The van der Waals surface area contributed by atoms with Gasteiger partial charge in [0.15, 0.2) is 5.82 Å². The minimum atomic E-state index is -1.08. The highest BCUT2D eigenvalue weighted by Crippen LogP contribution is 2.36. The number of imidazole rings is 1. The number of halogens is 3. The van der Waals surface area contributed by atoms with Crippen molar-refractivity contribution in [1.82, 2.24) is 24.8 Å². The Morgan fingerprint density at radius 3 is 2.74 bits per heavy atom. The lowest BCUT2D eigenvalue weighted by Crippen LogP contribution is -2.44. The van der Waals surface area contributed by atoms with Gasteiger partial charge < -0.3 is 19.7 Å². The molecule has 11 heteroatoms. The minimum absolute atomic E-state index is 0.0106. The van der Waals surface area contributed by atoms with Crippen LogP contribution < -0.4 is 10.8 Å². The van der Waals surface area contributed by atoms with Crippen LogP contribution in [0.15, 0.2) is 35.1 Å². The molecule has 1 amide bonds. The molecule has 1 aromatic heterocycles. The molecule has 206 valence electrons. The molecule has 1 saturated carbocycles. The second-order valence-corrected chi connectivity index (χ2v) is 12.2. The number of anilines is 1. The molecule has 1 atom stereocenters. The molecule has 0 bridgehead atoms. The fourth-order valence-corrected chi connectivity index (χ4v) is 5.31. The largest absolute Gasteiger partial charge is 0.360 e. The van der Waals surface area contributed by atoms with Gasteiger partial charge in [-0.1, -0.05) is 33.6 Å². The van der Waals surface area contributed by atoms with Crippen LogP contribution in [0.25, 0.3) is 11.0 Å². The molecule has 0 spiro atoms. The van der Waals surface area contributed by atoms with Crippen molar-refractivity contribution < 1.29 is 14.0 Å². The standard InChI is InChI=1S/C27H35BrClFN6O2/c1-34-12-14-35(15-13-34)10-2-3-11-36-18-31-25-22(36)16-21(26(37)33-38-17-19-4-5-19)24(23(25)30)32-27(29)8-6-20(28)7-9-27/h6-8,16,18-19,32H,2-5,9-15,17H2,1H3,(H,33,37). The lowest BCUT2D eigenvalue weighted by molar-refractivity contribution is 0.0271. The van der Waals surface area contributed by atoms with Crippen molar-refractivity contribution in [3.8, 4) is 0 Å². The van der Waals surface area contributed by atoms with Crippen molar-refractivity contribution in [2.24, 2.45) is 5.92 Å². The average Bonchev–Trinajstić information content (AvgIpc) is 3.64. The Hall–Kier alpha value is -1.98. The fraction of sp³-hybridized carbons (Fsp3) is 0.556. The number of nitrogens with zero attached hydrogens (tertiary/aromatic N) is 4. The van der Waals surface area contributed by atoms with Crippen LogP contribution in [0, 0.1) is 11.7 Å². The summed E-state index contributed by atoms with van der Waals surface area (Å²) in [6, 6.07) is 1.68. The third-order valence-corrected chi connectivity index (χ3v) is 8.40. The normalized spacial score (nSPS) is 22.6. The predicted molar refractivity (Wildman–Crippen MR) is 152 cm³/mol. The number of amides is 1. The van der Waals surface area contributed by atoms with E-state index in [1.54, 1.807) is 24.5 Å². The molecule has 1 aliphatic heterocycles. The lowest BCUT2D eigenvalue weighted by Gasteiger charge is -2.32. The van der Waals surface area contributed by atoms with Crippen LogP contribution >= 0.6 is 27.5 Å². The molecule has 38 heavy (non-hydrogen) atoms. The van der Waals surface area contributed by atoms with Crippen molar-refractivity contribution in [2.75, 3.05) is 51.7 Å². The number of nitrogens with one attached hydrogen (secondary N) is 2. The van der Waals surface area contributed by atoms with E-state index in [1.807, 2.05) is 10.6 Å². The van der Waals surface area contributed by atoms with E-state index in [4.69, 9.17) is 16.4 Å². The lowest BCUT2D eigenvalue weighted by atomic mass is 10.0. The predicted octanol–water partition coefficient (Wildman–Crippen LogP) is 4.86. The maximum absolute atomic E-state index is 16.0. The van der Waals surface area contributed by atoms with Gasteiger partial charge in [-0.2, -0.15) is 0 Å². The molecule has 3 aliphatic rings. The van der Waals surface area contributed by atoms with E-state index in [9.17, 15) is 4.79 Å². The van der Waals surface area contributed by atoms with Crippen molar-refractivity contribution in [1.29, 1.82) is 0 Å². The summed E-state index contributed by atoms with van der Waals surface area (Å²) < 4.78 is 18.8. The number of rotatable bonds is 11. The monoisotopic (exact) mass is 608 g/mol. The van der Waals surface area contributed by atoms with Gasteiger partial charge in [-0.25, -0.2) is 14.9 Å². The summed E-state index contributed by atoms with van der Waals surface area (Å²) in [5.41, 5.74) is 3.42. The number of benzene rings is 1. The van der Waals surface area contributed by atoms with E-state index in [-0.39, 0.29) is 16.8 Å². The summed E-state index contributed by atoms with van der Waals surface area (Å²) in [7, 11) is 2.16. The number of hydrogen-bond donors (Lipinski definition) is 2. The zero-order valence-corrected chi connectivity index (χ0v) is 24.0. The zero-order chi connectivity index (χ0) is 26.7. The van der Waals surface area contributed by atoms with Crippen LogP contribution in [0.4, 0.5) is 10.1 Å². The molecule has 1 unspecified atom stereocenters. The van der Waals surface area contributed by atoms with E-state index in [2.05, 4.69) is 48.6 Å². The van der Waals surface area contributed by atoms with Crippen LogP contribution in [-0.4, -0.2) is 76.6 Å². The molecule has 2 aromatic rings. The fourth-order valence-electron chi connectivity index (χ4n) is 4.79. The van der Waals surface area contributed by atoms with E-state index >= 15 is 4.39 Å². The van der Waals surface area contributed by atoms with Gasteiger partial charge in [-0.3, -0.25) is 9.63 Å². The molecule has 2 aliphatic carbocycles. The molecule has 1 aromatic carbocycles. The first kappa shape index (κ1) is 27.6. The molecule has 0 radical (unpaired) electrons. The number of alkyl halides is 1. The van der Waals surface area contributed by atoms with Crippen LogP contribution in [0.5, 0.6) is 0 Å². The number of unbranched alkanes of at least 4 members (excludes halogenated alkanes) is 1. The minimum Gasteiger partial charge on any atom is -0.360 e. The summed E-state index contributed by atoms with van der Waals surface area (Å²) in [6.07, 6.45) is 11.7. The topological polar surface area (TPSA) is 74.7 Å². The Morgan fingerprint density at radius 2 is 2.03 bits per heavy atom. The highest BCUT2D eigenvalue weighted by molar-refractivity contribution is 9.11. The van der Waals surface area contributed by atoms with Crippen LogP contribution in [0.3, 0.4) is 0 Å². The molecular formula is C27H35BrClFN6O2. The van der Waals surface area contributed by atoms with Crippen LogP contribution in [0.1, 0.15) is 42.5 Å². The first-order valence-corrected chi connectivity index (χ1v) is 14.5. The number of likely N-dealkylation sites (N-methyl/N-ethyl adjacent to an activating group) is 1. The molecule has 5 rings (SSSR count). The smallest absolute Gasteiger partial charge is 0.277 e. The molecule has 8 nitrogen and oxygen atoms in total. The highest BCUT2D eigenvalue weighted by atomic mass is 79.9. The second-order valence-electron chi connectivity index (χ2n) is 10.6. The van der Waals surface area contributed by atoms with Crippen LogP contribution in [0.2, 0.25) is 0 Å². The molecule has 2 heterocycles. The summed E-state index contributed by atoms with van der Waals surface area (Å²) in [5, 5.41) is 3.06. The maximum atomic E-state index is 16.0. The Bertz CT molecular complexity index is 1220. The highest BCUT2D eigenvalue weighted by Gasteiger charge is 2.31.